The largest absolute Gasteiger partial charge is 0.497 e. The molecule has 1 N–H and O–H groups in total. The zero-order chi connectivity index (χ0) is 26.2. The van der Waals surface area contributed by atoms with Crippen molar-refractivity contribution in [2.45, 2.75) is 6.42 Å². The fourth-order valence-electron chi connectivity index (χ4n) is 3.63. The Morgan fingerprint density at radius 1 is 0.973 bits per heavy atom. The highest BCUT2D eigenvalue weighted by atomic mass is 16.6. The molecule has 0 saturated heterocycles. The van der Waals surface area contributed by atoms with Gasteiger partial charge in [0, 0.05) is 6.42 Å². The van der Waals surface area contributed by atoms with E-state index in [1.54, 1.807) is 82.0 Å². The van der Waals surface area contributed by atoms with Crippen molar-refractivity contribution in [3.8, 4) is 17.2 Å². The molecule has 0 atom stereocenters. The van der Waals surface area contributed by atoms with E-state index >= 15 is 0 Å². The molecule has 4 rings (SSSR count). The lowest BCUT2D eigenvalue weighted by Gasteiger charge is -2.15. The van der Waals surface area contributed by atoms with Gasteiger partial charge in [-0.3, -0.25) is 15.0 Å². The molecule has 0 aliphatic carbocycles. The first kappa shape index (κ1) is 25.2. The van der Waals surface area contributed by atoms with E-state index in [1.807, 2.05) is 6.07 Å². The second-order valence-electron chi connectivity index (χ2n) is 7.87. The van der Waals surface area contributed by atoms with E-state index in [4.69, 9.17) is 19.0 Å². The lowest BCUT2D eigenvalue weighted by Crippen LogP contribution is -2.38. The number of fused-ring (bicyclic) bond motifs is 1. The van der Waals surface area contributed by atoms with E-state index in [9.17, 15) is 9.59 Å². The molecular formula is C27H26N4O6. The van der Waals surface area contributed by atoms with Gasteiger partial charge in [-0.05, 0) is 59.7 Å². The highest BCUT2D eigenvalue weighted by Crippen LogP contribution is 2.28. The van der Waals surface area contributed by atoms with Crippen LogP contribution < -0.4 is 25.2 Å². The summed E-state index contributed by atoms with van der Waals surface area (Å²) in [7, 11) is 4.68. The van der Waals surface area contributed by atoms with E-state index in [-0.39, 0.29) is 6.42 Å². The van der Waals surface area contributed by atoms with Crippen molar-refractivity contribution >= 4 is 23.0 Å². The number of nitrogens with one attached hydrogen (secondary N) is 1. The van der Waals surface area contributed by atoms with Gasteiger partial charge in [0.25, 0.3) is 11.5 Å². The van der Waals surface area contributed by atoms with E-state index in [0.717, 1.165) is 21.6 Å². The summed E-state index contributed by atoms with van der Waals surface area (Å²) in [5, 5.41) is 4.19. The molecule has 3 aromatic carbocycles. The molecule has 1 heterocycles. The molecule has 0 fully saturated rings. The van der Waals surface area contributed by atoms with Crippen molar-refractivity contribution < 1.29 is 23.8 Å². The first-order chi connectivity index (χ1) is 18.0. The zero-order valence-corrected chi connectivity index (χ0v) is 20.6. The predicted octanol–water partition coefficient (Wildman–Crippen LogP) is 3.13. The third kappa shape index (κ3) is 6.04. The molecule has 10 heteroatoms. The van der Waals surface area contributed by atoms with E-state index < -0.39 is 18.1 Å². The molecule has 0 saturated carbocycles. The van der Waals surface area contributed by atoms with Gasteiger partial charge in [0.1, 0.15) is 11.6 Å². The van der Waals surface area contributed by atoms with Gasteiger partial charge in [-0.25, -0.2) is 9.66 Å². The van der Waals surface area contributed by atoms with E-state index in [0.29, 0.717) is 28.2 Å². The highest BCUT2D eigenvalue weighted by Gasteiger charge is 2.15. The van der Waals surface area contributed by atoms with Gasteiger partial charge in [0.2, 0.25) is 0 Å². The Kier molecular flexibility index (Phi) is 7.99. The molecule has 190 valence electrons. The minimum Gasteiger partial charge on any atom is -0.497 e. The number of hydrogen-bond acceptors (Lipinski definition) is 8. The maximum atomic E-state index is 13.2. The molecule has 0 aliphatic rings. The third-order valence-electron chi connectivity index (χ3n) is 5.48. The summed E-state index contributed by atoms with van der Waals surface area (Å²) in [5.41, 5.74) is 4.28. The van der Waals surface area contributed by atoms with Crippen molar-refractivity contribution in [3.05, 3.63) is 94.0 Å². The van der Waals surface area contributed by atoms with Crippen molar-refractivity contribution in [2.75, 3.05) is 33.4 Å². The minimum absolute atomic E-state index is 0.247. The topological polar surface area (TPSA) is 113 Å². The Morgan fingerprint density at radius 2 is 1.73 bits per heavy atom. The molecule has 1 aromatic heterocycles. The molecule has 0 unspecified atom stereocenters. The first-order valence-corrected chi connectivity index (χ1v) is 11.3. The van der Waals surface area contributed by atoms with Crippen LogP contribution >= 0.6 is 0 Å². The summed E-state index contributed by atoms with van der Waals surface area (Å²) in [5.74, 6) is 1.61. The molecule has 37 heavy (non-hydrogen) atoms. The van der Waals surface area contributed by atoms with Crippen LogP contribution in [0, 0.1) is 0 Å². The normalized spacial score (nSPS) is 10.9. The van der Waals surface area contributed by atoms with Gasteiger partial charge in [-0.15, -0.1) is 0 Å². The lowest BCUT2D eigenvalue weighted by atomic mass is 10.1. The number of benzene rings is 3. The Hall–Kier alpha value is -4.86. The van der Waals surface area contributed by atoms with Crippen LogP contribution in [0.1, 0.15) is 17.0 Å². The summed E-state index contributed by atoms with van der Waals surface area (Å²) in [6.07, 6.45) is 1.72. The quantitative estimate of drug-likeness (QED) is 0.262. The summed E-state index contributed by atoms with van der Waals surface area (Å²) in [6.45, 7) is -0.401. The molecule has 1 amide bonds. The second-order valence-corrected chi connectivity index (χ2v) is 7.87. The number of methoxy groups -OCH3 is 3. The number of hydrogen-bond donors (Lipinski definition) is 1. The minimum atomic E-state index is -0.570. The standard InChI is InChI=1S/C27H26N4O6/c1-34-20-11-8-18(9-12-20)16-28-37-17-26(32)30-31-25(29-22-7-5-4-6-21(22)27(31)33)15-19-10-13-23(35-2)24(14-19)36-3/h4-14,16H,15,17H2,1-3H3,(H,30,32). The van der Waals surface area contributed by atoms with Gasteiger partial charge in [0.05, 0.1) is 38.4 Å². The smallest absolute Gasteiger partial charge is 0.280 e. The summed E-state index contributed by atoms with van der Waals surface area (Å²) in [4.78, 5) is 35.6. The van der Waals surface area contributed by atoms with Crippen LogP contribution in [0.2, 0.25) is 0 Å². The van der Waals surface area contributed by atoms with Crippen LogP contribution in [0.3, 0.4) is 0 Å². The van der Waals surface area contributed by atoms with Crippen molar-refractivity contribution in [2.24, 2.45) is 5.16 Å². The number of aromatic nitrogens is 2. The number of para-hydroxylation sites is 1. The zero-order valence-electron chi connectivity index (χ0n) is 20.6. The van der Waals surface area contributed by atoms with Gasteiger partial charge in [-0.2, -0.15) is 0 Å². The number of rotatable bonds is 10. The lowest BCUT2D eigenvalue weighted by molar-refractivity contribution is -0.121. The molecule has 0 aliphatic heterocycles. The molecule has 10 nitrogen and oxygen atoms in total. The molecular weight excluding hydrogens is 476 g/mol. The summed E-state index contributed by atoms with van der Waals surface area (Å²) < 4.78 is 16.9. The van der Waals surface area contributed by atoms with Crippen molar-refractivity contribution in [1.29, 1.82) is 0 Å². The monoisotopic (exact) mass is 502 g/mol. The maximum absolute atomic E-state index is 13.2. The van der Waals surface area contributed by atoms with Gasteiger partial charge in [-0.1, -0.05) is 23.4 Å². The van der Waals surface area contributed by atoms with Gasteiger partial charge in [0.15, 0.2) is 18.1 Å². The first-order valence-electron chi connectivity index (χ1n) is 11.3. The SMILES string of the molecule is COc1ccc(C=NOCC(=O)Nn2c(Cc3ccc(OC)c(OC)c3)nc3ccccc3c2=O)cc1. The van der Waals surface area contributed by atoms with Crippen LogP contribution in [0.5, 0.6) is 17.2 Å². The number of ether oxygens (including phenoxy) is 3. The molecule has 0 spiro atoms. The average molecular weight is 503 g/mol. The predicted molar refractivity (Wildman–Crippen MR) is 139 cm³/mol. The molecule has 0 bridgehead atoms. The second kappa shape index (κ2) is 11.7. The molecule has 0 radical (unpaired) electrons. The van der Waals surface area contributed by atoms with Gasteiger partial charge < -0.3 is 19.0 Å². The molecule has 4 aromatic rings. The number of carbonyl (C=O) groups is 1. The van der Waals surface area contributed by atoms with Crippen molar-refractivity contribution in [3.63, 3.8) is 0 Å². The average Bonchev–Trinajstić information content (AvgIpc) is 2.93. The third-order valence-corrected chi connectivity index (χ3v) is 5.48. The van der Waals surface area contributed by atoms with Crippen LogP contribution in [0.25, 0.3) is 10.9 Å². The summed E-state index contributed by atoms with van der Waals surface area (Å²) >= 11 is 0. The Labute approximate surface area is 213 Å². The van der Waals surface area contributed by atoms with Crippen molar-refractivity contribution in [1.82, 2.24) is 9.66 Å². The highest BCUT2D eigenvalue weighted by molar-refractivity contribution is 5.86. The Morgan fingerprint density at radius 3 is 2.46 bits per heavy atom. The van der Waals surface area contributed by atoms with Gasteiger partial charge >= 0.3 is 0 Å². The fourth-order valence-corrected chi connectivity index (χ4v) is 3.63. The number of oxime groups is 1. The van der Waals surface area contributed by atoms with E-state index in [2.05, 4.69) is 15.6 Å². The van der Waals surface area contributed by atoms with E-state index in [1.165, 1.54) is 6.21 Å². The Balaban J connectivity index is 1.54. The maximum Gasteiger partial charge on any atom is 0.280 e. The van der Waals surface area contributed by atoms with Crippen LogP contribution in [-0.4, -0.2) is 49.7 Å². The number of amides is 1. The van der Waals surface area contributed by atoms with Crippen LogP contribution in [-0.2, 0) is 16.1 Å². The van der Waals surface area contributed by atoms with Crippen LogP contribution in [0.15, 0.2) is 76.7 Å². The number of nitrogens with zero attached hydrogens (tertiary/aromatic N) is 3. The summed E-state index contributed by atoms with van der Waals surface area (Å²) in [6, 6.07) is 19.5. The van der Waals surface area contributed by atoms with Crippen LogP contribution in [0.4, 0.5) is 0 Å². The number of carbonyl (C=O) groups excluding carboxylic acids is 1. The fraction of sp³-hybridized carbons (Fsp3) is 0.185. The Bertz CT molecular complexity index is 1480.